The van der Waals surface area contributed by atoms with Gasteiger partial charge in [0, 0.05) is 25.7 Å². The van der Waals surface area contributed by atoms with Gasteiger partial charge in [-0.1, -0.05) is 37.3 Å². The Morgan fingerprint density at radius 2 is 2.08 bits per heavy atom. The highest BCUT2D eigenvalue weighted by molar-refractivity contribution is 5.78. The van der Waals surface area contributed by atoms with E-state index >= 15 is 0 Å². The molecule has 2 atom stereocenters. The Bertz CT molecular complexity index is 530. The van der Waals surface area contributed by atoms with Crippen LogP contribution in [0.5, 0.6) is 0 Å². The standard InChI is InChI=1S/C20H30N2O2/c1-3-19-14-21(11-12-24-19)20(23)15-22(13-17-9-10-17)16(2)18-7-5-4-6-8-18/h4-8,16-17,19H,3,9-15H2,1-2H3. The van der Waals surface area contributed by atoms with E-state index in [0.29, 0.717) is 13.2 Å². The molecule has 2 fully saturated rings. The first-order valence-corrected chi connectivity index (χ1v) is 9.35. The molecular formula is C20H30N2O2. The molecule has 132 valence electrons. The molecule has 24 heavy (non-hydrogen) atoms. The Hall–Kier alpha value is -1.39. The van der Waals surface area contributed by atoms with Gasteiger partial charge in [0.25, 0.3) is 0 Å². The van der Waals surface area contributed by atoms with Crippen LogP contribution in [0.2, 0.25) is 0 Å². The largest absolute Gasteiger partial charge is 0.375 e. The number of hydrogen-bond acceptors (Lipinski definition) is 3. The second-order valence-electron chi connectivity index (χ2n) is 7.20. The van der Waals surface area contributed by atoms with Crippen molar-refractivity contribution in [3.63, 3.8) is 0 Å². The van der Waals surface area contributed by atoms with Gasteiger partial charge in [0.2, 0.25) is 5.91 Å². The van der Waals surface area contributed by atoms with E-state index < -0.39 is 0 Å². The highest BCUT2D eigenvalue weighted by Gasteiger charge is 2.30. The zero-order valence-corrected chi connectivity index (χ0v) is 15.0. The maximum Gasteiger partial charge on any atom is 0.236 e. The van der Waals surface area contributed by atoms with E-state index in [9.17, 15) is 4.79 Å². The zero-order chi connectivity index (χ0) is 16.9. The topological polar surface area (TPSA) is 32.8 Å². The maximum absolute atomic E-state index is 12.8. The fourth-order valence-corrected chi connectivity index (χ4v) is 3.40. The van der Waals surface area contributed by atoms with Gasteiger partial charge in [-0.05, 0) is 37.7 Å². The average Bonchev–Trinajstić information content (AvgIpc) is 3.45. The van der Waals surface area contributed by atoms with Crippen LogP contribution in [0.15, 0.2) is 30.3 Å². The van der Waals surface area contributed by atoms with Crippen molar-refractivity contribution in [3.8, 4) is 0 Å². The first-order valence-electron chi connectivity index (χ1n) is 9.35. The summed E-state index contributed by atoms with van der Waals surface area (Å²) in [6.45, 7) is 8.03. The highest BCUT2D eigenvalue weighted by Crippen LogP contribution is 2.32. The molecule has 4 nitrogen and oxygen atoms in total. The lowest BCUT2D eigenvalue weighted by Gasteiger charge is -2.35. The smallest absolute Gasteiger partial charge is 0.236 e. The van der Waals surface area contributed by atoms with Crippen LogP contribution in [0.25, 0.3) is 0 Å². The molecule has 0 aromatic heterocycles. The molecule has 1 aliphatic heterocycles. The number of benzene rings is 1. The monoisotopic (exact) mass is 330 g/mol. The van der Waals surface area contributed by atoms with Gasteiger partial charge in [0.1, 0.15) is 0 Å². The number of nitrogens with zero attached hydrogens (tertiary/aromatic N) is 2. The third-order valence-corrected chi connectivity index (χ3v) is 5.30. The van der Waals surface area contributed by atoms with E-state index in [2.05, 4.69) is 43.0 Å². The number of rotatable bonds is 7. The van der Waals surface area contributed by atoms with Crippen molar-refractivity contribution in [2.45, 2.75) is 45.3 Å². The number of carbonyl (C=O) groups excluding carboxylic acids is 1. The molecule has 1 heterocycles. The first kappa shape index (κ1) is 17.4. The fraction of sp³-hybridized carbons (Fsp3) is 0.650. The third kappa shape index (κ3) is 4.58. The molecule has 3 rings (SSSR count). The van der Waals surface area contributed by atoms with Crippen LogP contribution < -0.4 is 0 Å². The van der Waals surface area contributed by atoms with Crippen LogP contribution >= 0.6 is 0 Å². The van der Waals surface area contributed by atoms with Crippen molar-refractivity contribution >= 4 is 5.91 Å². The quantitative estimate of drug-likeness (QED) is 0.770. The summed E-state index contributed by atoms with van der Waals surface area (Å²) in [5.74, 6) is 1.03. The summed E-state index contributed by atoms with van der Waals surface area (Å²) in [6.07, 6.45) is 3.78. The average molecular weight is 330 g/mol. The lowest BCUT2D eigenvalue weighted by molar-refractivity contribution is -0.140. The second kappa shape index (κ2) is 8.13. The van der Waals surface area contributed by atoms with Gasteiger partial charge in [-0.3, -0.25) is 9.69 Å². The van der Waals surface area contributed by atoms with Crippen LogP contribution in [0.4, 0.5) is 0 Å². The first-order chi connectivity index (χ1) is 11.7. The Balaban J connectivity index is 1.64. The summed E-state index contributed by atoms with van der Waals surface area (Å²) in [5.41, 5.74) is 1.29. The Morgan fingerprint density at radius 3 is 2.75 bits per heavy atom. The van der Waals surface area contributed by atoms with Crippen molar-refractivity contribution in [2.24, 2.45) is 5.92 Å². The summed E-state index contributed by atoms with van der Waals surface area (Å²) >= 11 is 0. The van der Waals surface area contributed by atoms with Gasteiger partial charge in [0.15, 0.2) is 0 Å². The predicted molar refractivity (Wildman–Crippen MR) is 95.8 cm³/mol. The Morgan fingerprint density at radius 1 is 1.33 bits per heavy atom. The SMILES string of the molecule is CCC1CN(C(=O)CN(CC2CC2)C(C)c2ccccc2)CCO1. The molecule has 0 spiro atoms. The molecule has 0 radical (unpaired) electrons. The molecule has 1 aromatic carbocycles. The molecule has 0 bridgehead atoms. The minimum atomic E-state index is 0.200. The van der Waals surface area contributed by atoms with E-state index in [1.807, 2.05) is 11.0 Å². The molecule has 1 saturated heterocycles. The number of amides is 1. The van der Waals surface area contributed by atoms with E-state index in [0.717, 1.165) is 32.0 Å². The molecule has 1 saturated carbocycles. The normalized spacial score (nSPS) is 22.6. The van der Waals surface area contributed by atoms with Gasteiger partial charge in [-0.2, -0.15) is 0 Å². The van der Waals surface area contributed by atoms with Crippen LogP contribution in [0.3, 0.4) is 0 Å². The summed E-state index contributed by atoms with van der Waals surface area (Å²) in [6, 6.07) is 10.8. The van der Waals surface area contributed by atoms with Crippen LogP contribution in [0, 0.1) is 5.92 Å². The fourth-order valence-electron chi connectivity index (χ4n) is 3.40. The number of carbonyl (C=O) groups is 1. The van der Waals surface area contributed by atoms with E-state index in [-0.39, 0.29) is 18.1 Å². The maximum atomic E-state index is 12.8. The van der Waals surface area contributed by atoms with Crippen molar-refractivity contribution in [1.82, 2.24) is 9.80 Å². The van der Waals surface area contributed by atoms with Gasteiger partial charge >= 0.3 is 0 Å². The number of morpholine rings is 1. The molecule has 1 aromatic rings. The van der Waals surface area contributed by atoms with Crippen LogP contribution in [0.1, 0.15) is 44.7 Å². The highest BCUT2D eigenvalue weighted by atomic mass is 16.5. The number of hydrogen-bond donors (Lipinski definition) is 0. The molecule has 0 N–H and O–H groups in total. The lowest BCUT2D eigenvalue weighted by atomic mass is 10.1. The van der Waals surface area contributed by atoms with E-state index in [1.54, 1.807) is 0 Å². The van der Waals surface area contributed by atoms with Crippen molar-refractivity contribution in [2.75, 3.05) is 32.8 Å². The summed E-state index contributed by atoms with van der Waals surface area (Å²) < 4.78 is 5.70. The summed E-state index contributed by atoms with van der Waals surface area (Å²) in [4.78, 5) is 17.2. The number of ether oxygens (including phenoxy) is 1. The van der Waals surface area contributed by atoms with Crippen molar-refractivity contribution in [3.05, 3.63) is 35.9 Å². The van der Waals surface area contributed by atoms with Crippen LogP contribution in [-0.2, 0) is 9.53 Å². The van der Waals surface area contributed by atoms with E-state index in [4.69, 9.17) is 4.74 Å². The zero-order valence-electron chi connectivity index (χ0n) is 15.0. The van der Waals surface area contributed by atoms with Crippen LogP contribution in [-0.4, -0.2) is 54.6 Å². The summed E-state index contributed by atoms with van der Waals surface area (Å²) in [7, 11) is 0. The van der Waals surface area contributed by atoms with Gasteiger partial charge < -0.3 is 9.64 Å². The molecule has 1 amide bonds. The molecular weight excluding hydrogens is 300 g/mol. The van der Waals surface area contributed by atoms with Gasteiger partial charge in [0.05, 0.1) is 19.3 Å². The van der Waals surface area contributed by atoms with E-state index in [1.165, 1.54) is 18.4 Å². The third-order valence-electron chi connectivity index (χ3n) is 5.30. The molecule has 1 aliphatic carbocycles. The minimum Gasteiger partial charge on any atom is -0.375 e. The van der Waals surface area contributed by atoms with Gasteiger partial charge in [-0.25, -0.2) is 0 Å². The predicted octanol–water partition coefficient (Wildman–Crippen LogP) is 3.10. The Kier molecular flexibility index (Phi) is 5.90. The molecule has 4 heteroatoms. The van der Waals surface area contributed by atoms with Crippen molar-refractivity contribution in [1.29, 1.82) is 0 Å². The minimum absolute atomic E-state index is 0.200. The summed E-state index contributed by atoms with van der Waals surface area (Å²) in [5, 5.41) is 0. The van der Waals surface area contributed by atoms with Crippen molar-refractivity contribution < 1.29 is 9.53 Å². The Labute approximate surface area is 145 Å². The lowest BCUT2D eigenvalue weighted by Crippen LogP contribution is -2.49. The second-order valence-corrected chi connectivity index (χ2v) is 7.20. The van der Waals surface area contributed by atoms with Gasteiger partial charge in [-0.15, -0.1) is 0 Å². The molecule has 2 unspecified atom stereocenters. The molecule has 2 aliphatic rings.